The van der Waals surface area contributed by atoms with Crippen LogP contribution < -0.4 is 15.5 Å². The van der Waals surface area contributed by atoms with E-state index in [1.54, 1.807) is 32.0 Å². The van der Waals surface area contributed by atoms with Crippen molar-refractivity contribution >= 4 is 34.8 Å². The van der Waals surface area contributed by atoms with Gasteiger partial charge >= 0.3 is 12.0 Å². The largest absolute Gasteiger partial charge is 0.481 e. The monoisotopic (exact) mass is 376 g/mol. The number of hydrogen-bond acceptors (Lipinski definition) is 6. The van der Waals surface area contributed by atoms with Crippen molar-refractivity contribution in [1.82, 2.24) is 10.3 Å². The first-order chi connectivity index (χ1) is 12.8. The van der Waals surface area contributed by atoms with Gasteiger partial charge in [-0.3, -0.25) is 4.79 Å². The van der Waals surface area contributed by atoms with Gasteiger partial charge < -0.3 is 29.8 Å². The van der Waals surface area contributed by atoms with Gasteiger partial charge in [-0.25, -0.2) is 4.79 Å². The Balaban J connectivity index is 1.64. The Morgan fingerprint density at radius 3 is 2.74 bits per heavy atom. The molecular formula is C18H24N4O5. The molecule has 1 aromatic heterocycles. The van der Waals surface area contributed by atoms with Crippen molar-refractivity contribution in [2.24, 2.45) is 0 Å². The smallest absolute Gasteiger partial charge is 0.319 e. The van der Waals surface area contributed by atoms with Crippen molar-refractivity contribution in [3.63, 3.8) is 0 Å². The number of aromatic nitrogens is 1. The first-order valence-corrected chi connectivity index (χ1v) is 8.87. The highest BCUT2D eigenvalue weighted by atomic mass is 16.5. The molecule has 2 heterocycles. The van der Waals surface area contributed by atoms with Gasteiger partial charge in [-0.15, -0.1) is 0 Å². The highest BCUT2D eigenvalue weighted by Gasteiger charge is 2.22. The van der Waals surface area contributed by atoms with Crippen LogP contribution >= 0.6 is 0 Å². The molecule has 1 fully saturated rings. The number of nitrogens with one attached hydrogen (secondary N) is 2. The van der Waals surface area contributed by atoms with E-state index in [-0.39, 0.29) is 6.42 Å². The van der Waals surface area contributed by atoms with Crippen molar-refractivity contribution in [3.05, 3.63) is 18.2 Å². The summed E-state index contributed by atoms with van der Waals surface area (Å²) in [6, 6.07) is 5.39. The van der Waals surface area contributed by atoms with Crippen molar-refractivity contribution < 1.29 is 23.8 Å². The summed E-state index contributed by atoms with van der Waals surface area (Å²) in [7, 11) is 0. The number of carboxylic acids is 1. The highest BCUT2D eigenvalue weighted by molar-refractivity contribution is 5.92. The van der Waals surface area contributed by atoms with Crippen molar-refractivity contribution in [3.8, 4) is 0 Å². The number of amides is 2. The average Bonchev–Trinajstić information content (AvgIpc) is 3.04. The number of carbonyl (C=O) groups is 2. The molecule has 1 aliphatic heterocycles. The molecule has 1 aliphatic rings. The fourth-order valence-corrected chi connectivity index (χ4v) is 2.83. The minimum Gasteiger partial charge on any atom is -0.481 e. The van der Waals surface area contributed by atoms with Crippen LogP contribution in [0.1, 0.15) is 26.7 Å². The van der Waals surface area contributed by atoms with Gasteiger partial charge in [0.15, 0.2) is 5.58 Å². The van der Waals surface area contributed by atoms with E-state index in [0.29, 0.717) is 42.4 Å². The van der Waals surface area contributed by atoms with Gasteiger partial charge in [-0.1, -0.05) is 0 Å². The van der Waals surface area contributed by atoms with Crippen molar-refractivity contribution in [2.75, 3.05) is 36.5 Å². The zero-order valence-corrected chi connectivity index (χ0v) is 15.4. The summed E-state index contributed by atoms with van der Waals surface area (Å²) in [4.78, 5) is 29.4. The lowest BCUT2D eigenvalue weighted by atomic mass is 9.99. The molecule has 0 aliphatic carbocycles. The second kappa shape index (κ2) is 7.83. The fourth-order valence-electron chi connectivity index (χ4n) is 2.83. The molecule has 3 N–H and O–H groups in total. The van der Waals surface area contributed by atoms with Gasteiger partial charge in [0, 0.05) is 36.8 Å². The molecule has 2 amide bonds. The standard InChI is InChI=1S/C18H24N4O5/c1-18(2,6-5-15(23)24)21-16(25)19-12-3-4-13-14(11-12)27-17(20-13)22-7-9-26-10-8-22/h3-4,11H,5-10H2,1-2H3,(H,23,24)(H2,19,21,25). The molecule has 0 saturated carbocycles. The molecule has 2 aromatic rings. The summed E-state index contributed by atoms with van der Waals surface area (Å²) >= 11 is 0. The number of carbonyl (C=O) groups excluding carboxylic acids is 1. The van der Waals surface area contributed by atoms with E-state index in [9.17, 15) is 9.59 Å². The van der Waals surface area contributed by atoms with Crippen LogP contribution in [0.5, 0.6) is 0 Å². The zero-order chi connectivity index (χ0) is 19.4. The quantitative estimate of drug-likeness (QED) is 0.709. The zero-order valence-electron chi connectivity index (χ0n) is 15.4. The summed E-state index contributed by atoms with van der Waals surface area (Å²) in [6.45, 7) is 6.30. The van der Waals surface area contributed by atoms with Crippen LogP contribution in [0.15, 0.2) is 22.6 Å². The van der Waals surface area contributed by atoms with E-state index in [1.807, 2.05) is 4.90 Å². The molecule has 0 spiro atoms. The number of hydrogen-bond donors (Lipinski definition) is 3. The molecule has 0 bridgehead atoms. The predicted molar refractivity (Wildman–Crippen MR) is 100 cm³/mol. The Morgan fingerprint density at radius 1 is 1.30 bits per heavy atom. The molecule has 3 rings (SSSR count). The van der Waals surface area contributed by atoms with Gasteiger partial charge in [-0.2, -0.15) is 4.98 Å². The van der Waals surface area contributed by atoms with Crippen molar-refractivity contribution in [2.45, 2.75) is 32.2 Å². The van der Waals surface area contributed by atoms with Gasteiger partial charge in [0.05, 0.1) is 13.2 Å². The van der Waals surface area contributed by atoms with Crippen LogP contribution in [0.3, 0.4) is 0 Å². The van der Waals surface area contributed by atoms with E-state index in [2.05, 4.69) is 15.6 Å². The second-order valence-corrected chi connectivity index (χ2v) is 7.14. The first-order valence-electron chi connectivity index (χ1n) is 8.87. The maximum atomic E-state index is 12.2. The van der Waals surface area contributed by atoms with Crippen LogP contribution in [-0.4, -0.2) is 53.9 Å². The minimum atomic E-state index is -0.892. The SMILES string of the molecule is CC(C)(CCC(=O)O)NC(=O)Nc1ccc2nc(N3CCOCC3)oc2c1. The van der Waals surface area contributed by atoms with Gasteiger partial charge in [-0.05, 0) is 32.4 Å². The van der Waals surface area contributed by atoms with Crippen LogP contribution in [0.25, 0.3) is 11.1 Å². The number of benzene rings is 1. The molecule has 9 heteroatoms. The third-order valence-corrected chi connectivity index (χ3v) is 4.33. The summed E-state index contributed by atoms with van der Waals surface area (Å²) in [5, 5.41) is 14.3. The van der Waals surface area contributed by atoms with Crippen LogP contribution in [0.4, 0.5) is 16.5 Å². The van der Waals surface area contributed by atoms with Gasteiger partial charge in [0.25, 0.3) is 6.01 Å². The summed E-state index contributed by atoms with van der Waals surface area (Å²) in [5.74, 6) is -0.892. The van der Waals surface area contributed by atoms with Crippen molar-refractivity contribution in [1.29, 1.82) is 0 Å². The van der Waals surface area contributed by atoms with Gasteiger partial charge in [0.1, 0.15) is 5.52 Å². The molecule has 0 unspecified atom stereocenters. The number of morpholine rings is 1. The molecule has 0 radical (unpaired) electrons. The van der Waals surface area contributed by atoms with E-state index in [0.717, 1.165) is 13.1 Å². The summed E-state index contributed by atoms with van der Waals surface area (Å²) < 4.78 is 11.1. The lowest BCUT2D eigenvalue weighted by Gasteiger charge is -2.25. The molecule has 146 valence electrons. The van der Waals surface area contributed by atoms with E-state index < -0.39 is 17.5 Å². The number of carboxylic acid groups (broad SMARTS) is 1. The number of aliphatic carboxylic acids is 1. The number of fused-ring (bicyclic) bond motifs is 1. The summed E-state index contributed by atoms with van der Waals surface area (Å²) in [5.41, 5.74) is 1.23. The molecule has 1 saturated heterocycles. The molecule has 9 nitrogen and oxygen atoms in total. The maximum Gasteiger partial charge on any atom is 0.319 e. The summed E-state index contributed by atoms with van der Waals surface area (Å²) in [6.07, 6.45) is 0.321. The number of rotatable bonds is 6. The number of ether oxygens (including phenoxy) is 1. The Bertz CT molecular complexity index is 826. The number of anilines is 2. The van der Waals surface area contributed by atoms with E-state index >= 15 is 0 Å². The number of urea groups is 1. The van der Waals surface area contributed by atoms with E-state index in [1.165, 1.54) is 0 Å². The Hall–Kier alpha value is -2.81. The average molecular weight is 376 g/mol. The Kier molecular flexibility index (Phi) is 5.50. The second-order valence-electron chi connectivity index (χ2n) is 7.14. The maximum absolute atomic E-state index is 12.2. The molecule has 1 aromatic carbocycles. The normalized spacial score (nSPS) is 15.0. The topological polar surface area (TPSA) is 117 Å². The fraction of sp³-hybridized carbons (Fsp3) is 0.500. The number of nitrogens with zero attached hydrogens (tertiary/aromatic N) is 2. The molecule has 0 atom stereocenters. The Morgan fingerprint density at radius 2 is 2.04 bits per heavy atom. The first kappa shape index (κ1) is 19.0. The van der Waals surface area contributed by atoms with E-state index in [4.69, 9.17) is 14.3 Å². The molecule has 27 heavy (non-hydrogen) atoms. The van der Waals surface area contributed by atoms with Crippen LogP contribution in [-0.2, 0) is 9.53 Å². The van der Waals surface area contributed by atoms with Crippen LogP contribution in [0.2, 0.25) is 0 Å². The third kappa shape index (κ3) is 5.10. The minimum absolute atomic E-state index is 0.0123. The Labute approximate surface area is 156 Å². The lowest BCUT2D eigenvalue weighted by Crippen LogP contribution is -2.45. The number of oxazole rings is 1. The predicted octanol–water partition coefficient (Wildman–Crippen LogP) is 2.43. The highest BCUT2D eigenvalue weighted by Crippen LogP contribution is 2.25. The third-order valence-electron chi connectivity index (χ3n) is 4.33. The van der Waals surface area contributed by atoms with Crippen LogP contribution in [0, 0.1) is 0 Å². The molecular weight excluding hydrogens is 352 g/mol. The lowest BCUT2D eigenvalue weighted by molar-refractivity contribution is -0.137. The van der Waals surface area contributed by atoms with Gasteiger partial charge in [0.2, 0.25) is 0 Å².